The molecule has 2 aromatic rings. The molecule has 8 heteroatoms. The van der Waals surface area contributed by atoms with Gasteiger partial charge in [0.15, 0.2) is 11.5 Å². The maximum Gasteiger partial charge on any atom is 0.249 e. The van der Waals surface area contributed by atoms with Crippen molar-refractivity contribution < 1.29 is 19.1 Å². The molecular weight excluding hydrogens is 450 g/mol. The van der Waals surface area contributed by atoms with E-state index in [1.54, 1.807) is 18.2 Å². The minimum Gasteiger partial charge on any atom is -0.490 e. The summed E-state index contributed by atoms with van der Waals surface area (Å²) in [6, 6.07) is 10.9. The largest absolute Gasteiger partial charge is 0.490 e. The number of halogens is 1. The van der Waals surface area contributed by atoms with Crippen molar-refractivity contribution in [3.05, 3.63) is 52.0 Å². The highest BCUT2D eigenvalue weighted by Crippen LogP contribution is 2.36. The standard InChI is InChI=1S/C22H26BrN3O4/c1-4-10-30-22-18(23)11-16(12-19(22)29-5-2)14-24-26-21(28)13-20(27)25-17-8-6-15(3)7-9-17/h6-9,11-12,14H,4-5,10,13H2,1-3H3,(H,25,27)(H,26,28). The van der Waals surface area contributed by atoms with E-state index < -0.39 is 11.8 Å². The third-order valence-corrected chi connectivity index (χ3v) is 4.43. The van der Waals surface area contributed by atoms with E-state index in [1.165, 1.54) is 6.21 Å². The number of nitrogens with zero attached hydrogens (tertiary/aromatic N) is 1. The van der Waals surface area contributed by atoms with E-state index in [2.05, 4.69) is 31.8 Å². The summed E-state index contributed by atoms with van der Waals surface area (Å²) >= 11 is 3.48. The Kier molecular flexibility index (Phi) is 9.34. The Morgan fingerprint density at radius 2 is 1.83 bits per heavy atom. The molecule has 0 aromatic heterocycles. The first-order chi connectivity index (χ1) is 14.4. The number of carbonyl (C=O) groups excluding carboxylic acids is 2. The maximum atomic E-state index is 12.0. The van der Waals surface area contributed by atoms with Crippen molar-refractivity contribution in [3.63, 3.8) is 0 Å². The lowest BCUT2D eigenvalue weighted by Gasteiger charge is -2.14. The maximum absolute atomic E-state index is 12.0. The molecule has 0 heterocycles. The molecule has 30 heavy (non-hydrogen) atoms. The van der Waals surface area contributed by atoms with E-state index in [-0.39, 0.29) is 6.42 Å². The summed E-state index contributed by atoms with van der Waals surface area (Å²) in [7, 11) is 0. The Morgan fingerprint density at radius 1 is 1.10 bits per heavy atom. The van der Waals surface area contributed by atoms with Crippen LogP contribution in [0, 0.1) is 6.92 Å². The van der Waals surface area contributed by atoms with Crippen molar-refractivity contribution in [1.29, 1.82) is 0 Å². The molecule has 0 radical (unpaired) electrons. The average molecular weight is 476 g/mol. The van der Waals surface area contributed by atoms with E-state index >= 15 is 0 Å². The summed E-state index contributed by atoms with van der Waals surface area (Å²) in [5, 5.41) is 6.60. The summed E-state index contributed by atoms with van der Waals surface area (Å²) in [5.41, 5.74) is 4.79. The first-order valence-corrected chi connectivity index (χ1v) is 10.5. The zero-order valence-corrected chi connectivity index (χ0v) is 18.9. The predicted molar refractivity (Wildman–Crippen MR) is 121 cm³/mol. The van der Waals surface area contributed by atoms with Crippen LogP contribution >= 0.6 is 15.9 Å². The normalized spacial score (nSPS) is 10.7. The van der Waals surface area contributed by atoms with Crippen molar-refractivity contribution in [2.75, 3.05) is 18.5 Å². The van der Waals surface area contributed by atoms with Gasteiger partial charge in [-0.15, -0.1) is 0 Å². The molecule has 2 amide bonds. The minimum atomic E-state index is -0.511. The van der Waals surface area contributed by atoms with Crippen molar-refractivity contribution >= 4 is 39.6 Å². The van der Waals surface area contributed by atoms with Crippen LogP contribution < -0.4 is 20.2 Å². The van der Waals surface area contributed by atoms with Gasteiger partial charge < -0.3 is 14.8 Å². The van der Waals surface area contributed by atoms with Crippen molar-refractivity contribution in [2.45, 2.75) is 33.6 Å². The van der Waals surface area contributed by atoms with Crippen LogP contribution in [0.25, 0.3) is 0 Å². The molecule has 0 aliphatic carbocycles. The van der Waals surface area contributed by atoms with Crippen LogP contribution in [0.5, 0.6) is 11.5 Å². The smallest absolute Gasteiger partial charge is 0.249 e. The van der Waals surface area contributed by atoms with Crippen LogP contribution in [-0.2, 0) is 9.59 Å². The molecule has 0 unspecified atom stereocenters. The van der Waals surface area contributed by atoms with E-state index in [9.17, 15) is 9.59 Å². The summed E-state index contributed by atoms with van der Waals surface area (Å²) in [4.78, 5) is 23.9. The monoisotopic (exact) mass is 475 g/mol. The van der Waals surface area contributed by atoms with Crippen LogP contribution in [-0.4, -0.2) is 31.2 Å². The third-order valence-electron chi connectivity index (χ3n) is 3.84. The molecule has 2 aromatic carbocycles. The number of hydrogen-bond donors (Lipinski definition) is 2. The van der Waals surface area contributed by atoms with Crippen molar-refractivity contribution in [2.24, 2.45) is 5.10 Å². The molecule has 0 aliphatic heterocycles. The average Bonchev–Trinajstić information content (AvgIpc) is 2.69. The summed E-state index contributed by atoms with van der Waals surface area (Å²) in [6.07, 6.45) is 2.03. The first kappa shape index (κ1) is 23.4. The highest BCUT2D eigenvalue weighted by atomic mass is 79.9. The van der Waals surface area contributed by atoms with Gasteiger partial charge in [-0.05, 0) is 66.0 Å². The van der Waals surface area contributed by atoms with Gasteiger partial charge in [0.25, 0.3) is 0 Å². The molecule has 0 bridgehead atoms. The van der Waals surface area contributed by atoms with Gasteiger partial charge in [0.1, 0.15) is 6.42 Å². The number of hydrogen-bond acceptors (Lipinski definition) is 5. The summed E-state index contributed by atoms with van der Waals surface area (Å²) in [6.45, 7) is 6.94. The second-order valence-corrected chi connectivity index (χ2v) is 7.35. The number of carbonyl (C=O) groups is 2. The lowest BCUT2D eigenvalue weighted by molar-refractivity contribution is -0.126. The quantitative estimate of drug-likeness (QED) is 0.302. The summed E-state index contributed by atoms with van der Waals surface area (Å²) < 4.78 is 12.1. The number of ether oxygens (including phenoxy) is 2. The van der Waals surface area contributed by atoms with Gasteiger partial charge in [-0.3, -0.25) is 9.59 Å². The molecule has 0 aliphatic rings. The van der Waals surface area contributed by atoms with Gasteiger partial charge in [-0.25, -0.2) is 5.43 Å². The molecule has 2 N–H and O–H groups in total. The van der Waals surface area contributed by atoms with Gasteiger partial charge in [0, 0.05) is 5.69 Å². The number of anilines is 1. The second kappa shape index (κ2) is 12.0. The molecule has 160 valence electrons. The molecule has 0 spiro atoms. The number of aryl methyl sites for hydroxylation is 1. The van der Waals surface area contributed by atoms with Gasteiger partial charge in [0.2, 0.25) is 11.8 Å². The molecule has 7 nitrogen and oxygen atoms in total. The fourth-order valence-corrected chi connectivity index (χ4v) is 3.05. The zero-order valence-electron chi connectivity index (χ0n) is 17.3. The Hall–Kier alpha value is -2.87. The van der Waals surface area contributed by atoms with Gasteiger partial charge in [-0.1, -0.05) is 24.6 Å². The number of amides is 2. The molecule has 0 saturated heterocycles. The van der Waals surface area contributed by atoms with E-state index in [0.717, 1.165) is 16.5 Å². The van der Waals surface area contributed by atoms with Crippen LogP contribution in [0.15, 0.2) is 46.0 Å². The Balaban J connectivity index is 1.94. The molecule has 0 atom stereocenters. The topological polar surface area (TPSA) is 89.0 Å². The van der Waals surface area contributed by atoms with E-state index in [0.29, 0.717) is 36.0 Å². The third kappa shape index (κ3) is 7.51. The lowest BCUT2D eigenvalue weighted by Crippen LogP contribution is -2.24. The Bertz CT molecular complexity index is 898. The van der Waals surface area contributed by atoms with E-state index in [4.69, 9.17) is 9.47 Å². The van der Waals surface area contributed by atoms with Crippen LogP contribution in [0.4, 0.5) is 5.69 Å². The Morgan fingerprint density at radius 3 is 2.50 bits per heavy atom. The SMILES string of the molecule is CCCOc1c(Br)cc(C=NNC(=O)CC(=O)Nc2ccc(C)cc2)cc1OCC. The second-order valence-electron chi connectivity index (χ2n) is 6.50. The fourth-order valence-electron chi connectivity index (χ4n) is 2.48. The Labute approximate surface area is 185 Å². The van der Waals surface area contributed by atoms with Gasteiger partial charge in [0.05, 0.1) is 23.9 Å². The highest BCUT2D eigenvalue weighted by molar-refractivity contribution is 9.10. The predicted octanol–water partition coefficient (Wildman–Crippen LogP) is 4.42. The molecule has 2 rings (SSSR count). The number of benzene rings is 2. The zero-order chi connectivity index (χ0) is 21.9. The summed E-state index contributed by atoms with van der Waals surface area (Å²) in [5.74, 6) is 0.298. The number of rotatable bonds is 10. The minimum absolute atomic E-state index is 0.330. The van der Waals surface area contributed by atoms with Crippen LogP contribution in [0.1, 0.15) is 37.8 Å². The molecular formula is C22H26BrN3O4. The molecule has 0 fully saturated rings. The van der Waals surface area contributed by atoms with Crippen molar-refractivity contribution in [3.8, 4) is 11.5 Å². The van der Waals surface area contributed by atoms with Crippen LogP contribution in [0.2, 0.25) is 0 Å². The van der Waals surface area contributed by atoms with Gasteiger partial charge >= 0.3 is 0 Å². The van der Waals surface area contributed by atoms with Crippen molar-refractivity contribution in [1.82, 2.24) is 5.43 Å². The van der Waals surface area contributed by atoms with Crippen LogP contribution in [0.3, 0.4) is 0 Å². The number of hydrazone groups is 1. The van der Waals surface area contributed by atoms with Gasteiger partial charge in [-0.2, -0.15) is 5.10 Å². The van der Waals surface area contributed by atoms with E-state index in [1.807, 2.05) is 39.0 Å². The lowest BCUT2D eigenvalue weighted by atomic mass is 10.2. The first-order valence-electron chi connectivity index (χ1n) is 9.70. The number of nitrogens with one attached hydrogen (secondary N) is 2. The fraction of sp³-hybridized carbons (Fsp3) is 0.318. The molecule has 0 saturated carbocycles. The highest BCUT2D eigenvalue weighted by Gasteiger charge is 2.12.